The van der Waals surface area contributed by atoms with E-state index in [9.17, 15) is 9.59 Å². The van der Waals surface area contributed by atoms with Gasteiger partial charge in [0, 0.05) is 12.7 Å². The number of rotatable bonds is 5. The maximum Gasteiger partial charge on any atom is 0.269 e. The summed E-state index contributed by atoms with van der Waals surface area (Å²) in [6.07, 6.45) is 3.69. The number of hydrogen-bond donors (Lipinski definition) is 2. The highest BCUT2D eigenvalue weighted by atomic mass is 16.2. The summed E-state index contributed by atoms with van der Waals surface area (Å²) in [4.78, 5) is 27.2. The molecule has 3 N–H and O–H groups in total. The van der Waals surface area contributed by atoms with Crippen LogP contribution < -0.4 is 11.1 Å². The van der Waals surface area contributed by atoms with Gasteiger partial charge in [0.1, 0.15) is 5.69 Å². The van der Waals surface area contributed by atoms with Crippen molar-refractivity contribution in [1.29, 1.82) is 0 Å². The Labute approximate surface area is 119 Å². The molecule has 1 saturated carbocycles. The number of amides is 2. The van der Waals surface area contributed by atoms with E-state index in [0.717, 1.165) is 12.8 Å². The number of pyridine rings is 1. The molecule has 108 valence electrons. The van der Waals surface area contributed by atoms with E-state index < -0.39 is 5.91 Å². The van der Waals surface area contributed by atoms with Crippen LogP contribution in [0.4, 0.5) is 0 Å². The fourth-order valence-electron chi connectivity index (χ4n) is 2.40. The first kappa shape index (κ1) is 14.5. The van der Waals surface area contributed by atoms with Crippen LogP contribution in [0.15, 0.2) is 12.3 Å². The molecule has 2 rings (SSSR count). The molecule has 0 radical (unpaired) electrons. The van der Waals surface area contributed by atoms with E-state index in [0.29, 0.717) is 29.3 Å². The first-order valence-electron chi connectivity index (χ1n) is 6.90. The first-order chi connectivity index (χ1) is 9.35. The van der Waals surface area contributed by atoms with Gasteiger partial charge in [-0.15, -0.1) is 0 Å². The lowest BCUT2D eigenvalue weighted by Crippen LogP contribution is -2.33. The summed E-state index contributed by atoms with van der Waals surface area (Å²) in [5.41, 5.74) is 6.82. The molecule has 0 bridgehead atoms. The number of hydrogen-bond acceptors (Lipinski definition) is 3. The largest absolute Gasteiger partial charge is 0.366 e. The van der Waals surface area contributed by atoms with Crippen LogP contribution in [0, 0.1) is 18.3 Å². The Hall–Kier alpha value is -1.91. The van der Waals surface area contributed by atoms with Crippen LogP contribution in [0.5, 0.6) is 0 Å². The van der Waals surface area contributed by atoms with Crippen LogP contribution in [-0.2, 0) is 0 Å². The fraction of sp³-hybridized carbons (Fsp3) is 0.533. The predicted molar refractivity (Wildman–Crippen MR) is 76.3 cm³/mol. The van der Waals surface area contributed by atoms with Crippen molar-refractivity contribution in [2.75, 3.05) is 6.54 Å². The number of nitrogens with one attached hydrogen (secondary N) is 1. The van der Waals surface area contributed by atoms with Gasteiger partial charge < -0.3 is 11.1 Å². The molecule has 1 aliphatic rings. The van der Waals surface area contributed by atoms with E-state index in [1.54, 1.807) is 13.0 Å². The molecule has 20 heavy (non-hydrogen) atoms. The molecule has 0 saturated heterocycles. The standard InChI is InChI=1S/C15H21N3O2/c1-9(2)15(4-5-15)8-18-14(20)12-6-10(3)11(7-17-12)13(16)19/h6-7,9H,4-5,8H2,1-3H3,(H2,16,19)(H,18,20). The molecular weight excluding hydrogens is 254 g/mol. The molecule has 0 aromatic carbocycles. The van der Waals surface area contributed by atoms with E-state index in [1.807, 2.05) is 0 Å². The highest BCUT2D eigenvalue weighted by Gasteiger charge is 2.45. The highest BCUT2D eigenvalue weighted by Crippen LogP contribution is 2.51. The topological polar surface area (TPSA) is 85.1 Å². The molecular formula is C15H21N3O2. The molecule has 1 fully saturated rings. The number of carbonyl (C=O) groups excluding carboxylic acids is 2. The SMILES string of the molecule is Cc1cc(C(=O)NCC2(C(C)C)CC2)ncc1C(N)=O. The van der Waals surface area contributed by atoms with Crippen molar-refractivity contribution in [3.8, 4) is 0 Å². The van der Waals surface area contributed by atoms with Crippen LogP contribution in [0.1, 0.15) is 53.1 Å². The van der Waals surface area contributed by atoms with E-state index >= 15 is 0 Å². The summed E-state index contributed by atoms with van der Waals surface area (Å²) < 4.78 is 0. The molecule has 1 heterocycles. The smallest absolute Gasteiger partial charge is 0.269 e. The quantitative estimate of drug-likeness (QED) is 0.857. The second kappa shape index (κ2) is 5.23. The van der Waals surface area contributed by atoms with Crippen LogP contribution in [-0.4, -0.2) is 23.3 Å². The molecule has 1 aromatic rings. The van der Waals surface area contributed by atoms with Crippen molar-refractivity contribution in [2.45, 2.75) is 33.6 Å². The number of nitrogens with zero attached hydrogens (tertiary/aromatic N) is 1. The van der Waals surface area contributed by atoms with Crippen molar-refractivity contribution in [2.24, 2.45) is 17.1 Å². The zero-order chi connectivity index (χ0) is 14.9. The van der Waals surface area contributed by atoms with Crippen molar-refractivity contribution in [3.05, 3.63) is 29.1 Å². The third kappa shape index (κ3) is 2.81. The van der Waals surface area contributed by atoms with Gasteiger partial charge in [-0.2, -0.15) is 0 Å². The molecule has 0 unspecified atom stereocenters. The van der Waals surface area contributed by atoms with Gasteiger partial charge in [-0.3, -0.25) is 14.6 Å². The van der Waals surface area contributed by atoms with E-state index in [-0.39, 0.29) is 11.3 Å². The van der Waals surface area contributed by atoms with Crippen LogP contribution >= 0.6 is 0 Å². The highest BCUT2D eigenvalue weighted by molar-refractivity contribution is 5.96. The summed E-state index contributed by atoms with van der Waals surface area (Å²) >= 11 is 0. The van der Waals surface area contributed by atoms with Gasteiger partial charge >= 0.3 is 0 Å². The minimum Gasteiger partial charge on any atom is -0.366 e. The van der Waals surface area contributed by atoms with Crippen LogP contribution in [0.2, 0.25) is 0 Å². The van der Waals surface area contributed by atoms with Gasteiger partial charge in [-0.1, -0.05) is 13.8 Å². The molecule has 0 spiro atoms. The Morgan fingerprint density at radius 1 is 1.45 bits per heavy atom. The average molecular weight is 275 g/mol. The van der Waals surface area contributed by atoms with E-state index in [2.05, 4.69) is 24.1 Å². The number of nitrogens with two attached hydrogens (primary N) is 1. The van der Waals surface area contributed by atoms with Crippen molar-refractivity contribution in [1.82, 2.24) is 10.3 Å². The molecule has 0 atom stereocenters. The van der Waals surface area contributed by atoms with Gasteiger partial charge in [0.15, 0.2) is 0 Å². The molecule has 1 aromatic heterocycles. The van der Waals surface area contributed by atoms with Gasteiger partial charge in [-0.05, 0) is 42.7 Å². The van der Waals surface area contributed by atoms with Crippen molar-refractivity contribution in [3.63, 3.8) is 0 Å². The Bertz CT molecular complexity index is 548. The average Bonchev–Trinajstić information content (AvgIpc) is 3.16. The number of carbonyl (C=O) groups is 2. The van der Waals surface area contributed by atoms with Crippen molar-refractivity contribution < 1.29 is 9.59 Å². The van der Waals surface area contributed by atoms with E-state index in [4.69, 9.17) is 5.73 Å². The zero-order valence-electron chi connectivity index (χ0n) is 12.2. The number of aromatic nitrogens is 1. The Morgan fingerprint density at radius 3 is 2.55 bits per heavy atom. The van der Waals surface area contributed by atoms with Crippen LogP contribution in [0.25, 0.3) is 0 Å². The second-order valence-electron chi connectivity index (χ2n) is 5.95. The Balaban J connectivity index is 2.03. The minimum atomic E-state index is -0.529. The molecule has 5 nitrogen and oxygen atoms in total. The molecule has 0 aliphatic heterocycles. The van der Waals surface area contributed by atoms with Gasteiger partial charge in [-0.25, -0.2) is 0 Å². The van der Waals surface area contributed by atoms with Crippen LogP contribution in [0.3, 0.4) is 0 Å². The third-order valence-corrected chi connectivity index (χ3v) is 4.33. The third-order valence-electron chi connectivity index (χ3n) is 4.33. The number of aryl methyl sites for hydroxylation is 1. The normalized spacial score (nSPS) is 16.0. The summed E-state index contributed by atoms with van der Waals surface area (Å²) in [7, 11) is 0. The lowest BCUT2D eigenvalue weighted by Gasteiger charge is -2.19. The maximum absolute atomic E-state index is 12.1. The summed E-state index contributed by atoms with van der Waals surface area (Å²) in [5.74, 6) is -0.163. The molecule has 2 amide bonds. The molecule has 5 heteroatoms. The van der Waals surface area contributed by atoms with Gasteiger partial charge in [0.25, 0.3) is 11.8 Å². The van der Waals surface area contributed by atoms with Gasteiger partial charge in [0.05, 0.1) is 5.56 Å². The summed E-state index contributed by atoms with van der Waals surface area (Å²) in [5, 5.41) is 2.94. The minimum absolute atomic E-state index is 0.198. The maximum atomic E-state index is 12.1. The summed E-state index contributed by atoms with van der Waals surface area (Å²) in [6, 6.07) is 1.60. The second-order valence-corrected chi connectivity index (χ2v) is 5.95. The Morgan fingerprint density at radius 2 is 2.10 bits per heavy atom. The molecule has 1 aliphatic carbocycles. The lowest BCUT2D eigenvalue weighted by atomic mass is 9.92. The Kier molecular flexibility index (Phi) is 3.79. The zero-order valence-corrected chi connectivity index (χ0v) is 12.2. The van der Waals surface area contributed by atoms with E-state index in [1.165, 1.54) is 6.20 Å². The lowest BCUT2D eigenvalue weighted by molar-refractivity contribution is 0.0932. The van der Waals surface area contributed by atoms with Gasteiger partial charge in [0.2, 0.25) is 0 Å². The number of primary amides is 1. The fourth-order valence-corrected chi connectivity index (χ4v) is 2.40. The first-order valence-corrected chi connectivity index (χ1v) is 6.90. The predicted octanol–water partition coefficient (Wildman–Crippen LogP) is 1.65. The monoisotopic (exact) mass is 275 g/mol. The van der Waals surface area contributed by atoms with Crippen molar-refractivity contribution >= 4 is 11.8 Å². The summed E-state index contributed by atoms with van der Waals surface area (Å²) in [6.45, 7) is 6.79.